The van der Waals surface area contributed by atoms with Crippen LogP contribution in [0.15, 0.2) is 51.7 Å². The number of oxazole rings is 1. The molecule has 9 heteroatoms. The van der Waals surface area contributed by atoms with Crippen LogP contribution in [0.4, 0.5) is 4.79 Å². The van der Waals surface area contributed by atoms with Crippen LogP contribution in [0.3, 0.4) is 0 Å². The number of rotatable bonds is 7. The largest absolute Gasteiger partial charge is 0.446 e. The number of nitrogens with one attached hydrogen (secondary N) is 2. The minimum absolute atomic E-state index is 0.00398. The van der Waals surface area contributed by atoms with Gasteiger partial charge in [-0.1, -0.05) is 23.7 Å². The maximum absolute atomic E-state index is 12.5. The molecule has 1 aliphatic rings. The Morgan fingerprint density at radius 2 is 1.91 bits per heavy atom. The van der Waals surface area contributed by atoms with Crippen LogP contribution in [-0.2, 0) is 11.3 Å². The second-order valence-corrected chi connectivity index (χ2v) is 8.26. The normalized spacial score (nSPS) is 15.0. The van der Waals surface area contributed by atoms with Gasteiger partial charge >= 0.3 is 11.8 Å². The molecule has 0 unspecified atom stereocenters. The zero-order chi connectivity index (χ0) is 22.5. The lowest BCUT2D eigenvalue weighted by atomic mass is 10.1. The number of carbonyl (C=O) groups is 2. The van der Waals surface area contributed by atoms with Gasteiger partial charge in [0.2, 0.25) is 0 Å². The number of nitrogens with zero attached hydrogens (tertiary/aromatic N) is 1. The second kappa shape index (κ2) is 10.0. The number of H-pyrrole nitrogens is 1. The fourth-order valence-electron chi connectivity index (χ4n) is 3.74. The van der Waals surface area contributed by atoms with Gasteiger partial charge in [-0.05, 0) is 48.7 Å². The van der Waals surface area contributed by atoms with Crippen molar-refractivity contribution in [3.63, 3.8) is 0 Å². The number of alkyl carbamates (subject to hydrolysis) is 1. The summed E-state index contributed by atoms with van der Waals surface area (Å²) in [7, 11) is 0. The molecule has 1 saturated heterocycles. The monoisotopic (exact) mass is 457 g/mol. The summed E-state index contributed by atoms with van der Waals surface area (Å²) in [6.45, 7) is 2.53. The molecule has 0 bridgehead atoms. The number of aromatic nitrogens is 1. The first kappa shape index (κ1) is 22.1. The predicted octanol–water partition coefficient (Wildman–Crippen LogP) is 3.74. The third-order valence-electron chi connectivity index (χ3n) is 5.56. The number of ketones is 1. The number of ether oxygens (including phenoxy) is 1. The smallest absolute Gasteiger partial charge is 0.417 e. The summed E-state index contributed by atoms with van der Waals surface area (Å²) in [5, 5.41) is 3.41. The lowest BCUT2D eigenvalue weighted by Gasteiger charge is -2.31. The van der Waals surface area contributed by atoms with Crippen LogP contribution in [-0.4, -0.2) is 47.5 Å². The summed E-state index contributed by atoms with van der Waals surface area (Å²) in [4.78, 5) is 40.6. The summed E-state index contributed by atoms with van der Waals surface area (Å²) in [6.07, 6.45) is 1.26. The van der Waals surface area contributed by atoms with E-state index in [-0.39, 0.29) is 11.9 Å². The Kier molecular flexibility index (Phi) is 6.92. The maximum atomic E-state index is 12.5. The topological polar surface area (TPSA) is 105 Å². The molecule has 1 aromatic heterocycles. The van der Waals surface area contributed by atoms with Crippen molar-refractivity contribution < 1.29 is 18.7 Å². The van der Waals surface area contributed by atoms with Gasteiger partial charge in [0.1, 0.15) is 6.10 Å². The molecular weight excluding hydrogens is 434 g/mol. The van der Waals surface area contributed by atoms with Crippen LogP contribution in [0.25, 0.3) is 11.1 Å². The maximum Gasteiger partial charge on any atom is 0.417 e. The highest BCUT2D eigenvalue weighted by atomic mass is 35.5. The number of hydrogen-bond acceptors (Lipinski definition) is 6. The van der Waals surface area contributed by atoms with Gasteiger partial charge in [-0.25, -0.2) is 9.59 Å². The number of hydrogen-bond donors (Lipinski definition) is 2. The Hall–Kier alpha value is -3.10. The van der Waals surface area contributed by atoms with Crippen molar-refractivity contribution in [2.24, 2.45) is 0 Å². The summed E-state index contributed by atoms with van der Waals surface area (Å²) in [6, 6.07) is 12.2. The van der Waals surface area contributed by atoms with E-state index >= 15 is 0 Å². The lowest BCUT2D eigenvalue weighted by Crippen LogP contribution is -2.40. The molecule has 2 aromatic carbocycles. The predicted molar refractivity (Wildman–Crippen MR) is 120 cm³/mol. The lowest BCUT2D eigenvalue weighted by molar-refractivity contribution is 0.0500. The van der Waals surface area contributed by atoms with Crippen molar-refractivity contribution >= 4 is 34.6 Å². The van der Waals surface area contributed by atoms with Gasteiger partial charge in [-0.15, -0.1) is 0 Å². The van der Waals surface area contributed by atoms with E-state index in [4.69, 9.17) is 20.8 Å². The third-order valence-corrected chi connectivity index (χ3v) is 5.81. The quantitative estimate of drug-likeness (QED) is 0.524. The standard InChI is InChI=1S/C23H24ClN3O5/c24-17-4-1-15(2-5-17)14-25-22(29)31-18-7-10-27(11-8-18)12-9-20(28)16-3-6-19-21(13-16)32-23(30)26-19/h1-6,13,18H,7-12,14H2,(H,25,29)(H,26,30). The van der Waals surface area contributed by atoms with E-state index in [9.17, 15) is 14.4 Å². The number of likely N-dealkylation sites (tertiary alicyclic amines) is 1. The van der Waals surface area contributed by atoms with Gasteiger partial charge < -0.3 is 19.4 Å². The molecule has 168 valence electrons. The van der Waals surface area contributed by atoms with Crippen molar-refractivity contribution in [3.05, 3.63) is 69.2 Å². The second-order valence-electron chi connectivity index (χ2n) is 7.82. The first-order valence-electron chi connectivity index (χ1n) is 10.5. The summed E-state index contributed by atoms with van der Waals surface area (Å²) in [5.41, 5.74) is 2.43. The van der Waals surface area contributed by atoms with Crippen molar-refractivity contribution in [2.45, 2.75) is 31.9 Å². The van der Waals surface area contributed by atoms with Crippen molar-refractivity contribution in [2.75, 3.05) is 19.6 Å². The molecule has 0 atom stereocenters. The molecular formula is C23H24ClN3O5. The Morgan fingerprint density at radius 3 is 2.66 bits per heavy atom. The highest BCUT2D eigenvalue weighted by Crippen LogP contribution is 2.17. The molecule has 0 spiro atoms. The number of aromatic amines is 1. The Morgan fingerprint density at radius 1 is 1.16 bits per heavy atom. The first-order valence-corrected chi connectivity index (χ1v) is 10.9. The van der Waals surface area contributed by atoms with Gasteiger partial charge in [-0.2, -0.15) is 0 Å². The molecule has 0 radical (unpaired) electrons. The van der Waals surface area contributed by atoms with E-state index < -0.39 is 11.8 Å². The molecule has 0 saturated carbocycles. The van der Waals surface area contributed by atoms with E-state index in [1.165, 1.54) is 0 Å². The first-order chi connectivity index (χ1) is 15.5. The Labute approximate surface area is 189 Å². The van der Waals surface area contributed by atoms with Gasteiger partial charge in [0, 0.05) is 43.2 Å². The average Bonchev–Trinajstić information content (AvgIpc) is 3.17. The molecule has 2 heterocycles. The van der Waals surface area contributed by atoms with Crippen LogP contribution in [0, 0.1) is 0 Å². The van der Waals surface area contributed by atoms with Crippen LogP contribution < -0.4 is 11.1 Å². The van der Waals surface area contributed by atoms with E-state index in [1.54, 1.807) is 30.3 Å². The van der Waals surface area contributed by atoms with Gasteiger partial charge in [-0.3, -0.25) is 9.78 Å². The van der Waals surface area contributed by atoms with E-state index in [1.807, 2.05) is 12.1 Å². The molecule has 3 aromatic rings. The molecule has 1 aliphatic heterocycles. The number of carbonyl (C=O) groups excluding carboxylic acids is 2. The number of halogens is 1. The SMILES string of the molecule is O=C(NCc1ccc(Cl)cc1)OC1CCN(CCC(=O)c2ccc3[nH]c(=O)oc3c2)CC1. The average molecular weight is 458 g/mol. The van der Waals surface area contributed by atoms with Crippen molar-refractivity contribution in [1.29, 1.82) is 0 Å². The zero-order valence-corrected chi connectivity index (χ0v) is 18.2. The van der Waals surface area contributed by atoms with Gasteiger partial charge in [0.25, 0.3) is 0 Å². The Balaban J connectivity index is 1.17. The molecule has 1 fully saturated rings. The molecule has 4 rings (SSSR count). The van der Waals surface area contributed by atoms with E-state index in [2.05, 4.69) is 15.2 Å². The fraction of sp³-hybridized carbons (Fsp3) is 0.348. The van der Waals surface area contributed by atoms with E-state index in [0.29, 0.717) is 41.2 Å². The van der Waals surface area contributed by atoms with Gasteiger partial charge in [0.15, 0.2) is 11.4 Å². The Bertz CT molecular complexity index is 1150. The summed E-state index contributed by atoms with van der Waals surface area (Å²) < 4.78 is 10.5. The summed E-state index contributed by atoms with van der Waals surface area (Å²) in [5.74, 6) is -0.538. The molecule has 1 amide bonds. The highest BCUT2D eigenvalue weighted by Gasteiger charge is 2.23. The zero-order valence-electron chi connectivity index (χ0n) is 17.4. The van der Waals surface area contributed by atoms with Crippen LogP contribution in [0.5, 0.6) is 0 Å². The van der Waals surface area contributed by atoms with Crippen LogP contribution in [0.1, 0.15) is 35.2 Å². The molecule has 32 heavy (non-hydrogen) atoms. The minimum atomic E-state index is -0.534. The fourth-order valence-corrected chi connectivity index (χ4v) is 3.87. The number of piperidine rings is 1. The molecule has 2 N–H and O–H groups in total. The molecule has 8 nitrogen and oxygen atoms in total. The number of benzene rings is 2. The van der Waals surface area contributed by atoms with Crippen molar-refractivity contribution in [3.8, 4) is 0 Å². The van der Waals surface area contributed by atoms with Crippen LogP contribution in [0.2, 0.25) is 5.02 Å². The van der Waals surface area contributed by atoms with E-state index in [0.717, 1.165) is 31.5 Å². The number of amides is 1. The highest BCUT2D eigenvalue weighted by molar-refractivity contribution is 6.30. The third kappa shape index (κ3) is 5.77. The molecule has 0 aliphatic carbocycles. The van der Waals surface area contributed by atoms with Gasteiger partial charge in [0.05, 0.1) is 5.52 Å². The summed E-state index contributed by atoms with van der Waals surface area (Å²) >= 11 is 5.86. The van der Waals surface area contributed by atoms with Crippen LogP contribution >= 0.6 is 11.6 Å². The number of fused-ring (bicyclic) bond motifs is 1. The minimum Gasteiger partial charge on any atom is -0.446 e. The van der Waals surface area contributed by atoms with Crippen molar-refractivity contribution in [1.82, 2.24) is 15.2 Å². The number of Topliss-reactive ketones (excluding diaryl/α,β-unsaturated/α-hetero) is 1.